The maximum Gasteiger partial charge on any atom is 0.270 e. The average molecular weight is 491 g/mol. The summed E-state index contributed by atoms with van der Waals surface area (Å²) in [5, 5.41) is 12.2. The van der Waals surface area contributed by atoms with Crippen LogP contribution in [0.3, 0.4) is 0 Å². The number of anilines is 1. The zero-order valence-corrected chi connectivity index (χ0v) is 20.6. The molecule has 1 aliphatic heterocycles. The summed E-state index contributed by atoms with van der Waals surface area (Å²) in [6.07, 6.45) is 0.723. The second-order valence-corrected chi connectivity index (χ2v) is 11.0. The zero-order chi connectivity index (χ0) is 24.3. The van der Waals surface area contributed by atoms with Crippen molar-refractivity contribution in [3.63, 3.8) is 0 Å². The van der Waals surface area contributed by atoms with E-state index in [1.165, 1.54) is 29.0 Å². The normalized spacial score (nSPS) is 19.1. The Labute approximate surface area is 206 Å². The fraction of sp³-hybridized carbons (Fsp3) is 0.222. The van der Waals surface area contributed by atoms with Crippen molar-refractivity contribution in [3.8, 4) is 0 Å². The van der Waals surface area contributed by atoms with Gasteiger partial charge >= 0.3 is 0 Å². The molecular formula is C27H23ClN2O3S. The van der Waals surface area contributed by atoms with E-state index in [0.717, 1.165) is 17.7 Å². The molecule has 0 bridgehead atoms. The van der Waals surface area contributed by atoms with Crippen LogP contribution in [0, 0.1) is 10.1 Å². The van der Waals surface area contributed by atoms with Gasteiger partial charge in [-0.25, -0.2) is 0 Å². The fourth-order valence-corrected chi connectivity index (χ4v) is 6.83. The van der Waals surface area contributed by atoms with Gasteiger partial charge in [0.05, 0.1) is 9.95 Å². The number of thiophene rings is 1. The summed E-state index contributed by atoms with van der Waals surface area (Å²) >= 11 is 7.87. The van der Waals surface area contributed by atoms with E-state index in [1.807, 2.05) is 41.3 Å². The summed E-state index contributed by atoms with van der Waals surface area (Å²) < 4.78 is 0.625. The molecule has 1 aromatic heterocycles. The van der Waals surface area contributed by atoms with Crippen LogP contribution in [0.4, 0.5) is 11.4 Å². The van der Waals surface area contributed by atoms with E-state index in [0.29, 0.717) is 20.0 Å². The molecule has 5 nitrogen and oxygen atoms in total. The van der Waals surface area contributed by atoms with Gasteiger partial charge in [0.15, 0.2) is 0 Å². The number of amides is 1. The maximum atomic E-state index is 14.1. The van der Waals surface area contributed by atoms with Crippen LogP contribution in [0.1, 0.15) is 48.0 Å². The van der Waals surface area contributed by atoms with Crippen molar-refractivity contribution in [2.75, 3.05) is 4.90 Å². The second kappa shape index (κ2) is 7.93. The van der Waals surface area contributed by atoms with Gasteiger partial charge in [0.2, 0.25) is 0 Å². The predicted molar refractivity (Wildman–Crippen MR) is 138 cm³/mol. The summed E-state index contributed by atoms with van der Waals surface area (Å²) in [7, 11) is 0. The lowest BCUT2D eigenvalue weighted by molar-refractivity contribution is -0.384. The van der Waals surface area contributed by atoms with Crippen LogP contribution >= 0.6 is 22.9 Å². The number of benzene rings is 3. The Bertz CT molecular complexity index is 1450. The molecule has 7 heteroatoms. The largest absolute Gasteiger partial charge is 0.302 e. The lowest BCUT2D eigenvalue weighted by Gasteiger charge is -2.51. The lowest BCUT2D eigenvalue weighted by atomic mass is 9.65. The fourth-order valence-electron chi connectivity index (χ4n) is 5.36. The minimum atomic E-state index is -0.512. The Morgan fingerprint density at radius 2 is 1.71 bits per heavy atom. The third-order valence-electron chi connectivity index (χ3n) is 6.76. The van der Waals surface area contributed by atoms with Gasteiger partial charge in [-0.05, 0) is 43.5 Å². The van der Waals surface area contributed by atoms with Crippen molar-refractivity contribution < 1.29 is 9.72 Å². The molecule has 0 saturated heterocycles. The van der Waals surface area contributed by atoms with Crippen LogP contribution in [0.2, 0.25) is 5.02 Å². The molecule has 4 aromatic rings. The summed E-state index contributed by atoms with van der Waals surface area (Å²) in [5.41, 5.74) is 2.34. The van der Waals surface area contributed by atoms with Crippen molar-refractivity contribution in [3.05, 3.63) is 104 Å². The molecule has 1 aliphatic rings. The van der Waals surface area contributed by atoms with Crippen LogP contribution in [0.25, 0.3) is 10.1 Å². The first-order valence-corrected chi connectivity index (χ1v) is 12.2. The smallest absolute Gasteiger partial charge is 0.270 e. The van der Waals surface area contributed by atoms with Crippen LogP contribution in [0.5, 0.6) is 0 Å². The zero-order valence-electron chi connectivity index (χ0n) is 19.0. The second-order valence-electron chi connectivity index (χ2n) is 9.53. The van der Waals surface area contributed by atoms with Crippen molar-refractivity contribution in [2.45, 2.75) is 38.1 Å². The number of non-ortho nitro benzene ring substituents is 1. The maximum absolute atomic E-state index is 14.1. The number of carbonyl (C=O) groups is 1. The molecule has 1 atom stereocenters. The summed E-state index contributed by atoms with van der Waals surface area (Å²) in [5.74, 6) is -0.193. The molecule has 0 N–H and O–H groups in total. The Balaban J connectivity index is 1.66. The molecule has 34 heavy (non-hydrogen) atoms. The first-order valence-electron chi connectivity index (χ1n) is 11.0. The van der Waals surface area contributed by atoms with E-state index >= 15 is 0 Å². The van der Waals surface area contributed by atoms with Crippen molar-refractivity contribution in [1.82, 2.24) is 0 Å². The number of rotatable bonds is 3. The molecule has 0 spiro atoms. The molecule has 2 heterocycles. The van der Waals surface area contributed by atoms with E-state index in [4.69, 9.17) is 11.6 Å². The molecule has 0 aliphatic carbocycles. The highest BCUT2D eigenvalue weighted by Gasteiger charge is 2.48. The van der Waals surface area contributed by atoms with Gasteiger partial charge in [-0.15, -0.1) is 11.3 Å². The standard InChI is InChI=1S/C27H23ClN2O3S/c1-26(2)16-27(3,17-9-5-4-6-10-17)20-11-7-8-12-21(20)29(26)25(31)24-23(28)19-14-13-18(30(32)33)15-22(19)34-24/h4-15H,16H2,1-3H3/t27-/m1/s1. The number of nitro benzene ring substituents is 1. The third-order valence-corrected chi connectivity index (χ3v) is 8.41. The molecule has 0 radical (unpaired) electrons. The van der Waals surface area contributed by atoms with Crippen molar-refractivity contribution in [1.29, 1.82) is 0 Å². The predicted octanol–water partition coefficient (Wildman–Crippen LogP) is 7.60. The molecule has 1 amide bonds. The first kappa shape index (κ1) is 22.6. The highest BCUT2D eigenvalue weighted by atomic mass is 35.5. The quantitative estimate of drug-likeness (QED) is 0.219. The number of hydrogen-bond donors (Lipinski definition) is 0. The summed E-state index contributed by atoms with van der Waals surface area (Å²) in [6, 6.07) is 22.9. The molecular weight excluding hydrogens is 468 g/mol. The molecule has 5 rings (SSSR count). The number of hydrogen-bond acceptors (Lipinski definition) is 4. The van der Waals surface area contributed by atoms with Gasteiger partial charge in [-0.3, -0.25) is 14.9 Å². The number of para-hydroxylation sites is 1. The van der Waals surface area contributed by atoms with Gasteiger partial charge in [-0.2, -0.15) is 0 Å². The number of halogens is 1. The molecule has 3 aromatic carbocycles. The SMILES string of the molecule is CC1(C)C[C@](C)(c2ccccc2)c2ccccc2N1C(=O)c1sc2cc([N+](=O)[O-])ccc2c1Cl. The van der Waals surface area contributed by atoms with Gasteiger partial charge in [0, 0.05) is 38.9 Å². The first-order chi connectivity index (χ1) is 16.1. The summed E-state index contributed by atoms with van der Waals surface area (Å²) in [6.45, 7) is 6.39. The van der Waals surface area contributed by atoms with Crippen molar-refractivity contribution >= 4 is 50.3 Å². The molecule has 0 fully saturated rings. The molecule has 172 valence electrons. The van der Waals surface area contributed by atoms with E-state index in [-0.39, 0.29) is 17.0 Å². The van der Waals surface area contributed by atoms with Gasteiger partial charge in [0.25, 0.3) is 11.6 Å². The molecule has 0 saturated carbocycles. The van der Waals surface area contributed by atoms with Crippen LogP contribution in [0.15, 0.2) is 72.8 Å². The minimum absolute atomic E-state index is 0.0216. The van der Waals surface area contributed by atoms with Gasteiger partial charge in [0.1, 0.15) is 4.88 Å². The summed E-state index contributed by atoms with van der Waals surface area (Å²) in [4.78, 5) is 27.1. The Hall–Kier alpha value is -3.22. The van der Waals surface area contributed by atoms with Crippen LogP contribution in [-0.4, -0.2) is 16.4 Å². The van der Waals surface area contributed by atoms with Crippen LogP contribution < -0.4 is 4.90 Å². The number of nitro groups is 1. The van der Waals surface area contributed by atoms with E-state index in [9.17, 15) is 14.9 Å². The van der Waals surface area contributed by atoms with E-state index in [1.54, 1.807) is 6.07 Å². The highest BCUT2D eigenvalue weighted by molar-refractivity contribution is 7.21. The average Bonchev–Trinajstić information content (AvgIpc) is 3.15. The van der Waals surface area contributed by atoms with E-state index in [2.05, 4.69) is 39.0 Å². The van der Waals surface area contributed by atoms with Crippen LogP contribution in [-0.2, 0) is 5.41 Å². The van der Waals surface area contributed by atoms with E-state index < -0.39 is 10.5 Å². The van der Waals surface area contributed by atoms with Crippen molar-refractivity contribution in [2.24, 2.45) is 0 Å². The molecule has 0 unspecified atom stereocenters. The topological polar surface area (TPSA) is 63.5 Å². The van der Waals surface area contributed by atoms with Gasteiger partial charge < -0.3 is 4.90 Å². The third kappa shape index (κ3) is 3.40. The Morgan fingerprint density at radius 3 is 2.41 bits per heavy atom. The Kier molecular flexibility index (Phi) is 5.26. The lowest BCUT2D eigenvalue weighted by Crippen LogP contribution is -2.55. The number of fused-ring (bicyclic) bond motifs is 2. The monoisotopic (exact) mass is 490 g/mol. The minimum Gasteiger partial charge on any atom is -0.302 e. The van der Waals surface area contributed by atoms with Gasteiger partial charge in [-0.1, -0.05) is 67.1 Å². The Morgan fingerprint density at radius 1 is 1.03 bits per heavy atom. The number of carbonyl (C=O) groups excluding carboxylic acids is 1. The highest BCUT2D eigenvalue weighted by Crippen LogP contribution is 2.51. The number of nitrogens with zero attached hydrogens (tertiary/aromatic N) is 2.